The van der Waals surface area contributed by atoms with Crippen molar-refractivity contribution < 1.29 is 4.63 Å². The van der Waals surface area contributed by atoms with Gasteiger partial charge in [-0.3, -0.25) is 9.97 Å². The molecule has 7 rings (SSSR count). The van der Waals surface area contributed by atoms with E-state index in [1.54, 1.807) is 12.4 Å². The average Bonchev–Trinajstić information content (AvgIpc) is 3.76. The van der Waals surface area contributed by atoms with Crippen molar-refractivity contribution in [3.63, 3.8) is 0 Å². The summed E-state index contributed by atoms with van der Waals surface area (Å²) >= 11 is 6.41. The van der Waals surface area contributed by atoms with Gasteiger partial charge in [-0.25, -0.2) is 24.5 Å². The number of hydrogen-bond acceptors (Lipinski definition) is 9. The van der Waals surface area contributed by atoms with Crippen molar-refractivity contribution >= 4 is 28.6 Å². The molecule has 2 N–H and O–H groups in total. The number of anilines is 1. The van der Waals surface area contributed by atoms with Crippen LogP contribution in [0.3, 0.4) is 0 Å². The van der Waals surface area contributed by atoms with E-state index in [9.17, 15) is 4.79 Å². The highest BCUT2D eigenvalue weighted by Gasteiger charge is 2.35. The van der Waals surface area contributed by atoms with Gasteiger partial charge in [-0.05, 0) is 56.6 Å². The fourth-order valence-corrected chi connectivity index (χ4v) is 6.57. The number of nitrogens with one attached hydrogen (secondary N) is 2. The van der Waals surface area contributed by atoms with E-state index in [1.165, 1.54) is 25.7 Å². The summed E-state index contributed by atoms with van der Waals surface area (Å²) < 4.78 is 7.43. The summed E-state index contributed by atoms with van der Waals surface area (Å²) in [5.74, 6) is 2.49. The molecule has 0 amide bonds. The highest BCUT2D eigenvalue weighted by atomic mass is 35.5. The van der Waals surface area contributed by atoms with E-state index >= 15 is 0 Å². The third kappa shape index (κ3) is 4.79. The van der Waals surface area contributed by atoms with Crippen LogP contribution in [0, 0.1) is 18.8 Å². The molecule has 1 aliphatic heterocycles. The molecule has 6 heterocycles. The smallest absolute Gasteiger partial charge is 0.333 e. The van der Waals surface area contributed by atoms with Crippen LogP contribution in [-0.2, 0) is 6.54 Å². The first-order chi connectivity index (χ1) is 19.9. The van der Waals surface area contributed by atoms with Crippen LogP contribution in [-0.4, -0.2) is 51.6 Å². The van der Waals surface area contributed by atoms with Crippen molar-refractivity contribution in [3.05, 3.63) is 51.4 Å². The Balaban J connectivity index is 1.45. The van der Waals surface area contributed by atoms with Crippen molar-refractivity contribution in [1.82, 2.24) is 45.0 Å². The van der Waals surface area contributed by atoms with Crippen molar-refractivity contribution in [2.75, 3.05) is 11.4 Å². The zero-order valence-corrected chi connectivity index (χ0v) is 23.7. The van der Waals surface area contributed by atoms with Crippen molar-refractivity contribution in [2.45, 2.75) is 65.0 Å². The Bertz CT molecular complexity index is 1760. The number of rotatable bonds is 6. The van der Waals surface area contributed by atoms with E-state index in [0.717, 1.165) is 65.8 Å². The lowest BCUT2D eigenvalue weighted by Gasteiger charge is -2.30. The zero-order chi connectivity index (χ0) is 28.1. The maximum Gasteiger partial charge on any atom is 0.340 e. The molecule has 1 atom stereocenters. The van der Waals surface area contributed by atoms with Crippen molar-refractivity contribution in [3.8, 4) is 22.8 Å². The molecule has 1 saturated carbocycles. The van der Waals surface area contributed by atoms with Gasteiger partial charge in [0.05, 0.1) is 27.8 Å². The quantitative estimate of drug-likeness (QED) is 0.283. The highest BCUT2D eigenvalue weighted by molar-refractivity contribution is 6.30. The molecule has 5 aromatic rings. The standard InChI is InChI=1S/C28H31ClN10O2/c1-15-5-7-17(8-6-15)14-39-25-20(32-28(39)38-9-3-4-22(38)23-16(2)36-41-37-23)11-21(26-33-27(40)35-34-26)31-24(25)18-10-19(29)13-30-12-18/h10-13,15,17,22H,3-9,14H2,1-2H3,(H2,33,34,35,40). The Hall–Kier alpha value is -4.06. The molecule has 2 fully saturated rings. The van der Waals surface area contributed by atoms with Gasteiger partial charge in [0.2, 0.25) is 5.95 Å². The topological polar surface area (TPSA) is 147 Å². The van der Waals surface area contributed by atoms with Gasteiger partial charge in [0.15, 0.2) is 5.82 Å². The molecule has 0 aromatic carbocycles. The number of pyridine rings is 2. The largest absolute Gasteiger partial charge is 0.340 e. The van der Waals surface area contributed by atoms with Crippen molar-refractivity contribution in [2.24, 2.45) is 11.8 Å². The van der Waals surface area contributed by atoms with Crippen LogP contribution in [0.15, 0.2) is 33.9 Å². The third-order valence-corrected chi connectivity index (χ3v) is 8.72. The van der Waals surface area contributed by atoms with Crippen LogP contribution in [0.4, 0.5) is 5.95 Å². The van der Waals surface area contributed by atoms with Crippen LogP contribution in [0.5, 0.6) is 0 Å². The first kappa shape index (κ1) is 25.9. The molecule has 2 aliphatic rings. The number of nitrogens with zero attached hydrogens (tertiary/aromatic N) is 8. The van der Waals surface area contributed by atoms with E-state index in [-0.39, 0.29) is 6.04 Å². The first-order valence-electron chi connectivity index (χ1n) is 14.2. The van der Waals surface area contributed by atoms with Gasteiger partial charge in [0.25, 0.3) is 0 Å². The van der Waals surface area contributed by atoms with Gasteiger partial charge in [-0.15, -0.1) is 0 Å². The third-order valence-electron chi connectivity index (χ3n) is 8.52. The first-order valence-corrected chi connectivity index (χ1v) is 14.6. The summed E-state index contributed by atoms with van der Waals surface area (Å²) in [6.45, 7) is 5.92. The molecule has 1 aliphatic carbocycles. The fraction of sp³-hybridized carbons (Fsp3) is 0.464. The lowest BCUT2D eigenvalue weighted by atomic mass is 9.83. The molecule has 5 aromatic heterocycles. The molecule has 1 unspecified atom stereocenters. The van der Waals surface area contributed by atoms with E-state index in [1.807, 2.05) is 19.1 Å². The molecule has 41 heavy (non-hydrogen) atoms. The molecule has 1 saturated heterocycles. The summed E-state index contributed by atoms with van der Waals surface area (Å²) in [5, 5.41) is 15.4. The van der Waals surface area contributed by atoms with Gasteiger partial charge in [0, 0.05) is 31.0 Å². The number of aryl methyl sites for hydroxylation is 1. The molecule has 0 bridgehead atoms. The van der Waals surface area contributed by atoms with Gasteiger partial charge < -0.3 is 9.47 Å². The number of aromatic nitrogens is 9. The fourth-order valence-electron chi connectivity index (χ4n) is 6.39. The van der Waals surface area contributed by atoms with E-state index in [4.69, 9.17) is 26.2 Å². The van der Waals surface area contributed by atoms with Crippen molar-refractivity contribution in [1.29, 1.82) is 0 Å². The van der Waals surface area contributed by atoms with E-state index < -0.39 is 5.69 Å². The molecule has 0 radical (unpaired) electrons. The molecule has 0 spiro atoms. The maximum atomic E-state index is 11.9. The normalized spacial score (nSPS) is 21.2. The molecule has 13 heteroatoms. The minimum absolute atomic E-state index is 0.00889. The number of aromatic amines is 2. The van der Waals surface area contributed by atoms with E-state index in [2.05, 4.69) is 46.9 Å². The van der Waals surface area contributed by atoms with Gasteiger partial charge in [-0.1, -0.05) is 41.7 Å². The Morgan fingerprint density at radius 1 is 1.10 bits per heavy atom. The number of imidazole rings is 1. The lowest BCUT2D eigenvalue weighted by molar-refractivity contribution is 0.266. The summed E-state index contributed by atoms with van der Waals surface area (Å²) in [5.41, 5.74) is 4.86. The van der Waals surface area contributed by atoms with Crippen LogP contribution in [0.2, 0.25) is 5.02 Å². The maximum absolute atomic E-state index is 11.9. The summed E-state index contributed by atoms with van der Waals surface area (Å²) in [6, 6.07) is 3.75. The number of halogens is 1. The molecule has 12 nitrogen and oxygen atoms in total. The Labute approximate surface area is 240 Å². The molecular weight excluding hydrogens is 544 g/mol. The van der Waals surface area contributed by atoms with Crippen LogP contribution >= 0.6 is 11.6 Å². The summed E-state index contributed by atoms with van der Waals surface area (Å²) in [7, 11) is 0. The highest BCUT2D eigenvalue weighted by Crippen LogP contribution is 2.41. The van der Waals surface area contributed by atoms with E-state index in [0.29, 0.717) is 28.2 Å². The minimum atomic E-state index is -0.401. The summed E-state index contributed by atoms with van der Waals surface area (Å²) in [4.78, 5) is 31.6. The second-order valence-electron chi connectivity index (χ2n) is 11.4. The SMILES string of the molecule is Cc1nonc1C1CCCN1c1nc2cc(-c3n[nH]c(=O)[nH]3)nc(-c3cncc(Cl)c3)c2n1CC1CCC(C)CC1. The number of hydrogen-bond donors (Lipinski definition) is 2. The Kier molecular flexibility index (Phi) is 6.57. The average molecular weight is 575 g/mol. The molecule has 212 valence electrons. The van der Waals surface area contributed by atoms with Crippen LogP contribution in [0.25, 0.3) is 33.8 Å². The van der Waals surface area contributed by atoms with Gasteiger partial charge >= 0.3 is 5.69 Å². The Morgan fingerprint density at radius 2 is 1.95 bits per heavy atom. The minimum Gasteiger partial charge on any atom is -0.333 e. The van der Waals surface area contributed by atoms with Crippen LogP contribution in [0.1, 0.15) is 62.9 Å². The second-order valence-corrected chi connectivity index (χ2v) is 11.8. The number of fused-ring (bicyclic) bond motifs is 1. The predicted octanol–water partition coefficient (Wildman–Crippen LogP) is 5.08. The second kappa shape index (κ2) is 10.4. The zero-order valence-electron chi connectivity index (χ0n) is 23.0. The predicted molar refractivity (Wildman–Crippen MR) is 153 cm³/mol. The van der Waals surface area contributed by atoms with Gasteiger partial charge in [0.1, 0.15) is 17.1 Å². The molecular formula is C28H31ClN10O2. The summed E-state index contributed by atoms with van der Waals surface area (Å²) in [6.07, 6.45) is 10.1. The monoisotopic (exact) mass is 574 g/mol. The van der Waals surface area contributed by atoms with Gasteiger partial charge in [-0.2, -0.15) is 5.10 Å². The Morgan fingerprint density at radius 3 is 2.68 bits per heavy atom. The lowest BCUT2D eigenvalue weighted by Crippen LogP contribution is -2.28. The number of H-pyrrole nitrogens is 2. The van der Waals surface area contributed by atoms with Crippen LogP contribution < -0.4 is 10.6 Å².